The lowest BCUT2D eigenvalue weighted by molar-refractivity contribution is -0.136. The van der Waals surface area contributed by atoms with Gasteiger partial charge in [-0.1, -0.05) is 37.3 Å². The van der Waals surface area contributed by atoms with Crippen molar-refractivity contribution in [3.05, 3.63) is 35.9 Å². The average Bonchev–Trinajstić information content (AvgIpc) is 2.90. The Kier molecular flexibility index (Phi) is 5.76. The molecule has 4 heteroatoms. The molecule has 0 aliphatic carbocycles. The molecule has 2 rings (SSSR count). The minimum Gasteiger partial charge on any atom is -0.337 e. The molecule has 2 atom stereocenters. The molecule has 1 aromatic carbocycles. The van der Waals surface area contributed by atoms with Gasteiger partial charge in [0.05, 0.1) is 5.92 Å². The molecule has 21 heavy (non-hydrogen) atoms. The molecule has 0 unspecified atom stereocenters. The van der Waals surface area contributed by atoms with Crippen LogP contribution in [-0.2, 0) is 11.3 Å². The van der Waals surface area contributed by atoms with Gasteiger partial charge in [-0.15, -0.1) is 0 Å². The highest BCUT2D eigenvalue weighted by Crippen LogP contribution is 2.20. The Labute approximate surface area is 128 Å². The summed E-state index contributed by atoms with van der Waals surface area (Å²) in [5.74, 6) is 0.837. The van der Waals surface area contributed by atoms with Crippen LogP contribution in [0.5, 0.6) is 0 Å². The summed E-state index contributed by atoms with van der Waals surface area (Å²) in [6.45, 7) is 6.31. The maximum Gasteiger partial charge on any atom is 0.227 e. The molecule has 1 heterocycles. The average molecular weight is 289 g/mol. The van der Waals surface area contributed by atoms with E-state index in [1.807, 2.05) is 37.2 Å². The number of nitrogens with one attached hydrogen (secondary N) is 1. The van der Waals surface area contributed by atoms with Crippen LogP contribution in [0.4, 0.5) is 0 Å². The van der Waals surface area contributed by atoms with Crippen LogP contribution in [0.1, 0.15) is 12.5 Å². The zero-order valence-corrected chi connectivity index (χ0v) is 13.4. The van der Waals surface area contributed by atoms with Gasteiger partial charge in [0, 0.05) is 26.2 Å². The van der Waals surface area contributed by atoms with Crippen molar-refractivity contribution >= 4 is 5.91 Å². The number of rotatable bonds is 6. The van der Waals surface area contributed by atoms with Gasteiger partial charge in [0.2, 0.25) is 5.91 Å². The molecule has 1 aliphatic rings. The molecule has 1 saturated heterocycles. The first kappa shape index (κ1) is 16.0. The van der Waals surface area contributed by atoms with Crippen LogP contribution in [0.15, 0.2) is 30.3 Å². The number of likely N-dealkylation sites (N-methyl/N-ethyl adjacent to an activating group) is 1. The number of carbonyl (C=O) groups is 1. The maximum absolute atomic E-state index is 12.8. The number of hydrogen-bond donors (Lipinski definition) is 1. The molecule has 0 bridgehead atoms. The van der Waals surface area contributed by atoms with Crippen molar-refractivity contribution in [2.45, 2.75) is 13.5 Å². The normalized spacial score (nSPS) is 21.7. The molecular formula is C17H27N3O. The lowest BCUT2D eigenvalue weighted by atomic mass is 9.96. The van der Waals surface area contributed by atoms with E-state index in [0.29, 0.717) is 18.4 Å². The van der Waals surface area contributed by atoms with Crippen LogP contribution in [0, 0.1) is 11.8 Å². The smallest absolute Gasteiger partial charge is 0.227 e. The fourth-order valence-corrected chi connectivity index (χ4v) is 2.77. The molecule has 0 aromatic heterocycles. The molecule has 0 spiro atoms. The lowest BCUT2D eigenvalue weighted by Gasteiger charge is -2.28. The van der Waals surface area contributed by atoms with Gasteiger partial charge >= 0.3 is 0 Å². The summed E-state index contributed by atoms with van der Waals surface area (Å²) in [5, 5.41) is 3.33. The summed E-state index contributed by atoms with van der Waals surface area (Å²) in [5.41, 5.74) is 1.20. The van der Waals surface area contributed by atoms with Crippen LogP contribution in [0.25, 0.3) is 0 Å². The highest BCUT2D eigenvalue weighted by molar-refractivity contribution is 5.79. The van der Waals surface area contributed by atoms with Crippen molar-refractivity contribution in [2.75, 3.05) is 40.3 Å². The van der Waals surface area contributed by atoms with E-state index >= 15 is 0 Å². The summed E-state index contributed by atoms with van der Waals surface area (Å²) < 4.78 is 0. The van der Waals surface area contributed by atoms with Gasteiger partial charge in [-0.2, -0.15) is 0 Å². The Morgan fingerprint density at radius 2 is 1.90 bits per heavy atom. The molecule has 116 valence electrons. The number of carbonyl (C=O) groups excluding carboxylic acids is 1. The summed E-state index contributed by atoms with van der Waals surface area (Å²) in [7, 11) is 4.09. The first-order valence-corrected chi connectivity index (χ1v) is 7.76. The molecule has 1 aliphatic heterocycles. The number of amides is 1. The second-order valence-corrected chi connectivity index (χ2v) is 6.29. The second-order valence-electron chi connectivity index (χ2n) is 6.29. The summed E-state index contributed by atoms with van der Waals surface area (Å²) in [6.07, 6.45) is 0. The first-order chi connectivity index (χ1) is 10.1. The zero-order valence-electron chi connectivity index (χ0n) is 13.4. The Morgan fingerprint density at radius 1 is 1.19 bits per heavy atom. The van der Waals surface area contributed by atoms with Gasteiger partial charge < -0.3 is 15.1 Å². The highest BCUT2D eigenvalue weighted by Gasteiger charge is 2.32. The minimum atomic E-state index is 0.121. The van der Waals surface area contributed by atoms with Crippen LogP contribution in [-0.4, -0.2) is 56.0 Å². The Hall–Kier alpha value is -1.39. The van der Waals surface area contributed by atoms with E-state index in [9.17, 15) is 4.79 Å². The van der Waals surface area contributed by atoms with Crippen molar-refractivity contribution in [2.24, 2.45) is 11.8 Å². The van der Waals surface area contributed by atoms with Gasteiger partial charge in [-0.05, 0) is 32.1 Å². The fourth-order valence-electron chi connectivity index (χ4n) is 2.77. The minimum absolute atomic E-state index is 0.121. The van der Waals surface area contributed by atoms with E-state index in [1.54, 1.807) is 0 Å². The summed E-state index contributed by atoms with van der Waals surface area (Å²) >= 11 is 0. The predicted octanol–water partition coefficient (Wildman–Crippen LogP) is 1.43. The Morgan fingerprint density at radius 3 is 2.48 bits per heavy atom. The predicted molar refractivity (Wildman–Crippen MR) is 85.9 cm³/mol. The van der Waals surface area contributed by atoms with Crippen LogP contribution in [0.3, 0.4) is 0 Å². The van der Waals surface area contributed by atoms with Crippen molar-refractivity contribution in [3.8, 4) is 0 Å². The summed E-state index contributed by atoms with van der Waals surface area (Å²) in [6, 6.07) is 10.3. The number of nitrogens with zero attached hydrogens (tertiary/aromatic N) is 2. The van der Waals surface area contributed by atoms with E-state index in [1.165, 1.54) is 5.56 Å². The van der Waals surface area contributed by atoms with Gasteiger partial charge in [0.1, 0.15) is 0 Å². The zero-order chi connectivity index (χ0) is 15.2. The quantitative estimate of drug-likeness (QED) is 0.860. The standard InChI is InChI=1S/C17H27N3O/c1-14-11-18-12-16(14)17(21)20(10-9-19(2)3)13-15-7-5-4-6-8-15/h4-8,14,16,18H,9-13H2,1-3H3/t14-,16-/m1/s1. The van der Waals surface area contributed by atoms with E-state index < -0.39 is 0 Å². The first-order valence-electron chi connectivity index (χ1n) is 7.76. The monoisotopic (exact) mass is 289 g/mol. The fraction of sp³-hybridized carbons (Fsp3) is 0.588. The molecule has 1 fully saturated rings. The largest absolute Gasteiger partial charge is 0.337 e. The van der Waals surface area contributed by atoms with E-state index in [0.717, 1.165) is 26.2 Å². The summed E-state index contributed by atoms with van der Waals surface area (Å²) in [4.78, 5) is 17.0. The van der Waals surface area contributed by atoms with Gasteiger partial charge in [0.25, 0.3) is 0 Å². The maximum atomic E-state index is 12.8. The number of benzene rings is 1. The van der Waals surface area contributed by atoms with E-state index in [-0.39, 0.29) is 5.92 Å². The van der Waals surface area contributed by atoms with Gasteiger partial charge in [-0.3, -0.25) is 4.79 Å². The molecular weight excluding hydrogens is 262 g/mol. The third-order valence-electron chi connectivity index (χ3n) is 4.18. The Balaban J connectivity index is 2.05. The van der Waals surface area contributed by atoms with Crippen LogP contribution in [0.2, 0.25) is 0 Å². The third-order valence-corrected chi connectivity index (χ3v) is 4.18. The van der Waals surface area contributed by atoms with Gasteiger partial charge in [0.15, 0.2) is 0 Å². The molecule has 4 nitrogen and oxygen atoms in total. The van der Waals surface area contributed by atoms with Crippen LogP contribution < -0.4 is 5.32 Å². The molecule has 0 saturated carbocycles. The van der Waals surface area contributed by atoms with E-state index in [2.05, 4.69) is 29.3 Å². The van der Waals surface area contributed by atoms with Crippen molar-refractivity contribution in [3.63, 3.8) is 0 Å². The van der Waals surface area contributed by atoms with Crippen molar-refractivity contribution in [1.82, 2.24) is 15.1 Å². The van der Waals surface area contributed by atoms with Crippen molar-refractivity contribution in [1.29, 1.82) is 0 Å². The lowest BCUT2D eigenvalue weighted by Crippen LogP contribution is -2.41. The van der Waals surface area contributed by atoms with Crippen molar-refractivity contribution < 1.29 is 4.79 Å². The third kappa shape index (κ3) is 4.55. The molecule has 1 aromatic rings. The topological polar surface area (TPSA) is 35.6 Å². The SMILES string of the molecule is C[C@@H]1CNC[C@H]1C(=O)N(CCN(C)C)Cc1ccccc1. The second kappa shape index (κ2) is 7.57. The Bertz CT molecular complexity index is 447. The molecule has 0 radical (unpaired) electrons. The number of hydrogen-bond acceptors (Lipinski definition) is 3. The molecule has 1 amide bonds. The highest BCUT2D eigenvalue weighted by atomic mass is 16.2. The van der Waals surface area contributed by atoms with E-state index in [4.69, 9.17) is 0 Å². The van der Waals surface area contributed by atoms with Crippen LogP contribution >= 0.6 is 0 Å². The van der Waals surface area contributed by atoms with Gasteiger partial charge in [-0.25, -0.2) is 0 Å². The molecule has 1 N–H and O–H groups in total.